The third kappa shape index (κ3) is 4.75. The minimum absolute atomic E-state index is 0. The fraction of sp³-hybridized carbons (Fsp3) is 0.308. The number of rotatable bonds is 6. The van der Waals surface area contributed by atoms with Crippen LogP contribution in [0.1, 0.15) is 50.7 Å². The normalized spacial score (nSPS) is 16.4. The van der Waals surface area contributed by atoms with Crippen LogP contribution in [-0.4, -0.2) is 16.8 Å². The molecule has 0 fully saturated rings. The van der Waals surface area contributed by atoms with Crippen molar-refractivity contribution in [1.82, 2.24) is 9.97 Å². The average Bonchev–Trinajstić information content (AvgIpc) is 3.40. The van der Waals surface area contributed by atoms with Gasteiger partial charge in [0.2, 0.25) is 0 Å². The van der Waals surface area contributed by atoms with Crippen LogP contribution in [0.4, 0.5) is 0 Å². The van der Waals surface area contributed by atoms with E-state index < -0.39 is 17.4 Å². The molecule has 0 aromatic carbocycles. The number of nitrogens with zero attached hydrogens (tertiary/aromatic N) is 2. The molecule has 0 N–H and O–H groups in total. The Kier molecular flexibility index (Phi) is 8.89. The van der Waals surface area contributed by atoms with E-state index >= 15 is 0 Å². The van der Waals surface area contributed by atoms with Gasteiger partial charge in [-0.1, -0.05) is 0 Å². The van der Waals surface area contributed by atoms with Gasteiger partial charge in [-0.05, 0) is 0 Å². The summed E-state index contributed by atoms with van der Waals surface area (Å²) in [5, 5.41) is 0. The third-order valence-electron chi connectivity index (χ3n) is 6.99. The summed E-state index contributed by atoms with van der Waals surface area (Å²) >= 11 is -3.42. The van der Waals surface area contributed by atoms with Gasteiger partial charge in [0.05, 0.1) is 0 Å². The van der Waals surface area contributed by atoms with Crippen molar-refractivity contribution in [3.63, 3.8) is 0 Å². The van der Waals surface area contributed by atoms with Gasteiger partial charge in [-0.2, -0.15) is 0 Å². The Morgan fingerprint density at radius 3 is 1.38 bits per heavy atom. The average molecular weight is 565 g/mol. The first-order valence-corrected chi connectivity index (χ1v) is 24.4. The van der Waals surface area contributed by atoms with Gasteiger partial charge in [-0.15, -0.1) is 24.8 Å². The molecule has 32 heavy (non-hydrogen) atoms. The predicted molar refractivity (Wildman–Crippen MR) is 143 cm³/mol. The molecule has 2 aromatic rings. The summed E-state index contributed by atoms with van der Waals surface area (Å²) in [6.07, 6.45) is 17.1. The summed E-state index contributed by atoms with van der Waals surface area (Å²) in [7, 11) is 0. The zero-order valence-corrected chi connectivity index (χ0v) is 25.0. The fourth-order valence-electron chi connectivity index (χ4n) is 5.28. The molecular formula is C26H34Cl2N2SiZr. The summed E-state index contributed by atoms with van der Waals surface area (Å²) < 4.78 is 8.80. The van der Waals surface area contributed by atoms with Crippen molar-refractivity contribution < 1.29 is 17.4 Å². The van der Waals surface area contributed by atoms with Crippen LogP contribution in [-0.2, 0) is 17.4 Å². The molecule has 170 valence electrons. The second-order valence-electron chi connectivity index (χ2n) is 9.44. The Bertz CT molecular complexity index is 1090. The van der Waals surface area contributed by atoms with Crippen LogP contribution < -0.4 is 0 Å². The molecule has 0 atom stereocenters. The van der Waals surface area contributed by atoms with Gasteiger partial charge < -0.3 is 0 Å². The summed E-state index contributed by atoms with van der Waals surface area (Å²) in [5.41, 5.74) is 8.76. The van der Waals surface area contributed by atoms with Crippen molar-refractivity contribution in [2.24, 2.45) is 0 Å². The molecule has 2 nitrogen and oxygen atoms in total. The van der Waals surface area contributed by atoms with Crippen LogP contribution in [0.5, 0.6) is 0 Å². The zero-order chi connectivity index (χ0) is 21.4. The van der Waals surface area contributed by atoms with Crippen LogP contribution in [0.25, 0.3) is 11.1 Å². The van der Waals surface area contributed by atoms with E-state index in [1.54, 1.807) is 6.56 Å². The van der Waals surface area contributed by atoms with E-state index in [9.17, 15) is 0 Å². The van der Waals surface area contributed by atoms with Crippen LogP contribution >= 0.6 is 24.8 Å². The van der Waals surface area contributed by atoms with Crippen molar-refractivity contribution in [3.8, 4) is 0 Å². The van der Waals surface area contributed by atoms with E-state index in [4.69, 9.17) is 0 Å². The number of aromatic nitrogens is 2. The molecule has 0 saturated carbocycles. The maximum absolute atomic E-state index is 4.28. The Morgan fingerprint density at radius 1 is 0.719 bits per heavy atom. The molecule has 0 unspecified atom stereocenters. The number of allylic oxidation sites excluding steroid dienone is 8. The number of hydrogen-bond donors (Lipinski definition) is 0. The van der Waals surface area contributed by atoms with Crippen molar-refractivity contribution in [2.75, 3.05) is 0 Å². The van der Waals surface area contributed by atoms with Crippen LogP contribution in [0.2, 0.25) is 9.26 Å². The quantitative estimate of drug-likeness (QED) is 0.345. The maximum atomic E-state index is 4.28. The largest absolute Gasteiger partial charge is 0.147 e. The molecule has 0 spiro atoms. The van der Waals surface area contributed by atoms with Gasteiger partial charge in [0, 0.05) is 0 Å². The summed E-state index contributed by atoms with van der Waals surface area (Å²) in [4.78, 5) is 8.55. The molecule has 6 heteroatoms. The standard InChI is InChI=1S/2C12H12N.2CH3.2ClH.H2Si.Zr/c2*1-2-10-4-3-5-12(10)11-6-8-13-9-7-11;;;;;;/h2*4,6-9H,2-3H2,1H3;2*1H3;2*1H;1H2;. The molecule has 0 saturated heterocycles. The Labute approximate surface area is 207 Å². The van der Waals surface area contributed by atoms with Gasteiger partial charge in [0.25, 0.3) is 0 Å². The second-order valence-corrected chi connectivity index (χ2v) is 38.2. The van der Waals surface area contributed by atoms with E-state index in [2.05, 4.69) is 76.4 Å². The first kappa shape index (κ1) is 27.2. The van der Waals surface area contributed by atoms with Gasteiger partial charge in [-0.3, -0.25) is 0 Å². The van der Waals surface area contributed by atoms with Crippen molar-refractivity contribution in [2.45, 2.75) is 48.8 Å². The molecule has 2 heterocycles. The number of hydrogen-bond acceptors (Lipinski definition) is 2. The van der Waals surface area contributed by atoms with Crippen LogP contribution in [0, 0.1) is 0 Å². The zero-order valence-electron chi connectivity index (χ0n) is 19.5. The molecule has 2 aromatic heterocycles. The Morgan fingerprint density at radius 2 is 1.06 bits per heavy atom. The Balaban J connectivity index is 0.00000181. The molecule has 0 aliphatic heterocycles. The second kappa shape index (κ2) is 10.5. The molecule has 0 radical (unpaired) electrons. The van der Waals surface area contributed by atoms with Crippen molar-refractivity contribution in [1.29, 1.82) is 0 Å². The van der Waals surface area contributed by atoms with Crippen molar-refractivity contribution in [3.05, 3.63) is 90.0 Å². The summed E-state index contributed by atoms with van der Waals surface area (Å²) in [6, 6.07) is 8.78. The van der Waals surface area contributed by atoms with E-state index in [0.29, 0.717) is 0 Å². The third-order valence-corrected chi connectivity index (χ3v) is 23.8. The molecular weight excluding hydrogens is 531 g/mol. The first-order valence-electron chi connectivity index (χ1n) is 11.1. The van der Waals surface area contributed by atoms with E-state index in [1.807, 2.05) is 24.8 Å². The SMILES string of the molecule is CCC1=CC[C]([Zr]([CH3])([CH3])(=[SiH2])[C]2=C(c3ccncc3)C(CC)=CC2)=C1c1ccncc1.Cl.Cl. The van der Waals surface area contributed by atoms with Gasteiger partial charge in [0.1, 0.15) is 0 Å². The topological polar surface area (TPSA) is 25.8 Å². The van der Waals surface area contributed by atoms with E-state index in [-0.39, 0.29) is 24.8 Å². The number of halogens is 2. The molecule has 2 aliphatic carbocycles. The van der Waals surface area contributed by atoms with E-state index in [0.717, 1.165) is 25.7 Å². The molecule has 2 aliphatic rings. The predicted octanol–water partition coefficient (Wildman–Crippen LogP) is 7.26. The minimum Gasteiger partial charge on any atom is -0.147 e. The summed E-state index contributed by atoms with van der Waals surface area (Å²) in [5.74, 6) is 0. The maximum Gasteiger partial charge on any atom is -0.147 e. The smallest absolute Gasteiger partial charge is 0.147 e. The summed E-state index contributed by atoms with van der Waals surface area (Å²) in [6.45, 7) is 6.95. The minimum atomic E-state index is -3.42. The number of pyridine rings is 2. The van der Waals surface area contributed by atoms with Gasteiger partial charge in [-0.25, -0.2) is 0 Å². The van der Waals surface area contributed by atoms with Crippen LogP contribution in [0.3, 0.4) is 0 Å². The monoisotopic (exact) mass is 562 g/mol. The van der Waals surface area contributed by atoms with Crippen molar-refractivity contribution >= 4 is 42.8 Å². The molecule has 0 bridgehead atoms. The first-order chi connectivity index (χ1) is 14.4. The van der Waals surface area contributed by atoms with Gasteiger partial charge in [0.15, 0.2) is 0 Å². The molecule has 4 rings (SSSR count). The molecule has 0 amide bonds. The Hall–Kier alpha value is -1.06. The van der Waals surface area contributed by atoms with Gasteiger partial charge >= 0.3 is 184 Å². The fourth-order valence-corrected chi connectivity index (χ4v) is 19.1. The van der Waals surface area contributed by atoms with E-state index in [1.165, 1.54) is 33.4 Å². The van der Waals surface area contributed by atoms with Crippen LogP contribution in [0.15, 0.2) is 78.9 Å².